The molecule has 0 saturated heterocycles. The molecule has 162 valence electrons. The van der Waals surface area contributed by atoms with E-state index >= 15 is 0 Å². The van der Waals surface area contributed by atoms with Crippen LogP contribution in [0, 0.1) is 0 Å². The SMILES string of the molecule is CCCCN(Cc1ccc(-c2ccccc2-c2nn[nH]n2)cc1)c1ccc(C(=O)O)nn1. The van der Waals surface area contributed by atoms with Gasteiger partial charge in [-0.25, -0.2) is 4.79 Å². The molecule has 0 unspecified atom stereocenters. The van der Waals surface area contributed by atoms with Crippen molar-refractivity contribution in [3.63, 3.8) is 0 Å². The van der Waals surface area contributed by atoms with E-state index in [2.05, 4.69) is 66.9 Å². The minimum Gasteiger partial charge on any atom is -0.476 e. The largest absolute Gasteiger partial charge is 0.476 e. The molecule has 2 heterocycles. The Morgan fingerprint density at radius 2 is 1.75 bits per heavy atom. The summed E-state index contributed by atoms with van der Waals surface area (Å²) in [7, 11) is 0. The highest BCUT2D eigenvalue weighted by atomic mass is 16.4. The monoisotopic (exact) mass is 429 g/mol. The average Bonchev–Trinajstić information content (AvgIpc) is 3.37. The van der Waals surface area contributed by atoms with E-state index in [1.807, 2.05) is 24.3 Å². The molecule has 0 bridgehead atoms. The number of aromatic carboxylic acids is 1. The minimum absolute atomic E-state index is 0.0613. The van der Waals surface area contributed by atoms with Gasteiger partial charge in [0, 0.05) is 18.7 Å². The van der Waals surface area contributed by atoms with Gasteiger partial charge in [0.15, 0.2) is 11.5 Å². The number of anilines is 1. The maximum Gasteiger partial charge on any atom is 0.356 e. The quantitative estimate of drug-likeness (QED) is 0.412. The number of H-pyrrole nitrogens is 1. The summed E-state index contributed by atoms with van der Waals surface area (Å²) in [6.07, 6.45) is 2.04. The summed E-state index contributed by atoms with van der Waals surface area (Å²) >= 11 is 0. The molecule has 9 nitrogen and oxygen atoms in total. The Morgan fingerprint density at radius 1 is 0.969 bits per heavy atom. The topological polar surface area (TPSA) is 121 Å². The minimum atomic E-state index is -1.08. The van der Waals surface area contributed by atoms with E-state index in [9.17, 15) is 4.79 Å². The van der Waals surface area contributed by atoms with Gasteiger partial charge >= 0.3 is 5.97 Å². The van der Waals surface area contributed by atoms with E-state index in [1.165, 1.54) is 6.07 Å². The Bertz CT molecular complexity index is 1160. The Balaban J connectivity index is 1.56. The van der Waals surface area contributed by atoms with E-state index in [0.29, 0.717) is 18.2 Å². The third-order valence-corrected chi connectivity index (χ3v) is 5.13. The van der Waals surface area contributed by atoms with Crippen LogP contribution in [0.3, 0.4) is 0 Å². The molecular weight excluding hydrogens is 406 g/mol. The summed E-state index contributed by atoms with van der Waals surface area (Å²) in [5, 5.41) is 31.4. The fourth-order valence-electron chi connectivity index (χ4n) is 3.45. The van der Waals surface area contributed by atoms with Gasteiger partial charge in [-0.05, 0) is 40.5 Å². The zero-order valence-electron chi connectivity index (χ0n) is 17.6. The fourth-order valence-corrected chi connectivity index (χ4v) is 3.45. The smallest absolute Gasteiger partial charge is 0.356 e. The number of nitrogens with zero attached hydrogens (tertiary/aromatic N) is 6. The number of aromatic amines is 1. The van der Waals surface area contributed by atoms with Gasteiger partial charge in [0.2, 0.25) is 5.82 Å². The van der Waals surface area contributed by atoms with Gasteiger partial charge in [-0.15, -0.1) is 20.4 Å². The van der Waals surface area contributed by atoms with E-state index in [1.54, 1.807) is 6.07 Å². The first-order valence-electron chi connectivity index (χ1n) is 10.4. The highest BCUT2D eigenvalue weighted by Gasteiger charge is 2.13. The number of hydrogen-bond acceptors (Lipinski definition) is 7. The predicted molar refractivity (Wildman–Crippen MR) is 120 cm³/mol. The molecule has 2 aromatic carbocycles. The number of hydrogen-bond donors (Lipinski definition) is 2. The van der Waals surface area contributed by atoms with E-state index in [0.717, 1.165) is 41.6 Å². The lowest BCUT2D eigenvalue weighted by molar-refractivity contribution is 0.0689. The number of aromatic nitrogens is 6. The summed E-state index contributed by atoms with van der Waals surface area (Å²) in [6, 6.07) is 19.5. The number of carboxylic acid groups (broad SMARTS) is 1. The van der Waals surface area contributed by atoms with E-state index in [4.69, 9.17) is 5.11 Å². The molecule has 4 aromatic rings. The molecule has 2 N–H and O–H groups in total. The van der Waals surface area contributed by atoms with Crippen molar-refractivity contribution in [2.45, 2.75) is 26.3 Å². The standard InChI is InChI=1S/C23H23N7O2/c1-2-3-14-30(21-13-12-20(23(31)32)24-25-21)15-16-8-10-17(11-9-16)18-6-4-5-7-19(18)22-26-28-29-27-22/h4-13H,2-3,14-15H2,1H3,(H,31,32)(H,26,27,28,29). The van der Waals surface area contributed by atoms with E-state index < -0.39 is 5.97 Å². The van der Waals surface area contributed by atoms with Crippen LogP contribution in [0.5, 0.6) is 0 Å². The van der Waals surface area contributed by atoms with Gasteiger partial charge in [-0.2, -0.15) is 5.21 Å². The Labute approximate surface area is 185 Å². The molecule has 4 rings (SSSR count). The molecule has 0 aliphatic rings. The van der Waals surface area contributed by atoms with Gasteiger partial charge in [0.1, 0.15) is 0 Å². The summed E-state index contributed by atoms with van der Waals surface area (Å²) in [5.74, 6) is 0.134. The third-order valence-electron chi connectivity index (χ3n) is 5.13. The molecule has 2 aromatic heterocycles. The van der Waals surface area contributed by atoms with Crippen LogP contribution in [-0.2, 0) is 6.54 Å². The van der Waals surface area contributed by atoms with Crippen LogP contribution in [0.15, 0.2) is 60.7 Å². The molecule has 0 aliphatic carbocycles. The molecule has 0 radical (unpaired) electrons. The molecule has 0 saturated carbocycles. The van der Waals surface area contributed by atoms with Crippen LogP contribution in [0.1, 0.15) is 35.8 Å². The Kier molecular flexibility index (Phi) is 6.45. The fraction of sp³-hybridized carbons (Fsp3) is 0.217. The summed E-state index contributed by atoms with van der Waals surface area (Å²) in [6.45, 7) is 3.58. The number of carbonyl (C=O) groups is 1. The molecule has 0 aliphatic heterocycles. The van der Waals surface area contributed by atoms with Crippen molar-refractivity contribution in [2.75, 3.05) is 11.4 Å². The number of benzene rings is 2. The van der Waals surface area contributed by atoms with Crippen molar-refractivity contribution in [1.29, 1.82) is 0 Å². The second-order valence-electron chi connectivity index (χ2n) is 7.33. The normalized spacial score (nSPS) is 10.8. The summed E-state index contributed by atoms with van der Waals surface area (Å²) in [4.78, 5) is 13.2. The van der Waals surface area contributed by atoms with Gasteiger partial charge in [0.25, 0.3) is 0 Å². The summed E-state index contributed by atoms with van der Waals surface area (Å²) in [5.41, 5.74) is 4.05. The van der Waals surface area contributed by atoms with Gasteiger partial charge in [-0.3, -0.25) is 0 Å². The zero-order chi connectivity index (χ0) is 22.3. The lowest BCUT2D eigenvalue weighted by atomic mass is 9.98. The van der Waals surface area contributed by atoms with Crippen molar-refractivity contribution in [2.24, 2.45) is 0 Å². The molecule has 0 fully saturated rings. The van der Waals surface area contributed by atoms with Gasteiger partial charge in [0.05, 0.1) is 0 Å². The zero-order valence-corrected chi connectivity index (χ0v) is 17.6. The maximum absolute atomic E-state index is 11.1. The van der Waals surface area contributed by atoms with Crippen molar-refractivity contribution in [3.8, 4) is 22.5 Å². The Hall–Kier alpha value is -4.14. The van der Waals surface area contributed by atoms with Crippen molar-refractivity contribution >= 4 is 11.8 Å². The number of tetrazole rings is 1. The number of unbranched alkanes of at least 4 members (excludes halogenated alkanes) is 1. The number of nitrogens with one attached hydrogen (secondary N) is 1. The van der Waals surface area contributed by atoms with Crippen LogP contribution in [0.25, 0.3) is 22.5 Å². The maximum atomic E-state index is 11.1. The van der Waals surface area contributed by atoms with Crippen LogP contribution >= 0.6 is 0 Å². The number of carboxylic acids is 1. The lowest BCUT2D eigenvalue weighted by Gasteiger charge is -2.23. The first-order chi connectivity index (χ1) is 15.7. The second kappa shape index (κ2) is 9.78. The first-order valence-corrected chi connectivity index (χ1v) is 10.4. The van der Waals surface area contributed by atoms with E-state index in [-0.39, 0.29) is 5.69 Å². The highest BCUT2D eigenvalue weighted by Crippen LogP contribution is 2.30. The van der Waals surface area contributed by atoms with Crippen LogP contribution in [0.4, 0.5) is 5.82 Å². The molecule has 9 heteroatoms. The molecular formula is C23H23N7O2. The first kappa shape index (κ1) is 21.1. The van der Waals surface area contributed by atoms with Crippen molar-refractivity contribution in [3.05, 3.63) is 71.9 Å². The molecule has 32 heavy (non-hydrogen) atoms. The molecule has 0 atom stereocenters. The molecule has 0 spiro atoms. The average molecular weight is 429 g/mol. The third kappa shape index (κ3) is 4.77. The molecule has 0 amide bonds. The predicted octanol–water partition coefficient (Wildman–Crippen LogP) is 3.83. The second-order valence-corrected chi connectivity index (χ2v) is 7.33. The van der Waals surface area contributed by atoms with Crippen LogP contribution in [0.2, 0.25) is 0 Å². The van der Waals surface area contributed by atoms with Crippen molar-refractivity contribution < 1.29 is 9.90 Å². The number of rotatable bonds is 9. The van der Waals surface area contributed by atoms with Crippen molar-refractivity contribution in [1.82, 2.24) is 30.8 Å². The van der Waals surface area contributed by atoms with Gasteiger partial charge < -0.3 is 10.0 Å². The highest BCUT2D eigenvalue weighted by molar-refractivity contribution is 5.85. The van der Waals surface area contributed by atoms with Crippen LogP contribution in [-0.4, -0.2) is 48.4 Å². The lowest BCUT2D eigenvalue weighted by Crippen LogP contribution is -2.25. The Morgan fingerprint density at radius 3 is 2.38 bits per heavy atom. The van der Waals surface area contributed by atoms with Crippen LogP contribution < -0.4 is 4.90 Å². The van der Waals surface area contributed by atoms with Gasteiger partial charge in [-0.1, -0.05) is 61.9 Å². The summed E-state index contributed by atoms with van der Waals surface area (Å²) < 4.78 is 0.